The molecule has 0 aromatic heterocycles. The molecule has 1 saturated carbocycles. The third-order valence-corrected chi connectivity index (χ3v) is 3.21. The fraction of sp³-hybridized carbons (Fsp3) is 1.00. The summed E-state index contributed by atoms with van der Waals surface area (Å²) >= 11 is 0. The molecule has 2 atom stereocenters. The van der Waals surface area contributed by atoms with Gasteiger partial charge in [-0.3, -0.25) is 0 Å². The van der Waals surface area contributed by atoms with Crippen LogP contribution < -0.4 is 5.32 Å². The molecule has 1 nitrogen and oxygen atoms in total. The van der Waals surface area contributed by atoms with E-state index in [9.17, 15) is 26.3 Å². The molecular weight excluding hydrogens is 212 g/mol. The van der Waals surface area contributed by atoms with Crippen LogP contribution in [0.15, 0.2) is 0 Å². The molecule has 0 unspecified atom stereocenters. The van der Waals surface area contributed by atoms with Crippen molar-refractivity contribution in [3.8, 4) is 0 Å². The topological polar surface area (TPSA) is 12.0 Å². The number of nitrogens with one attached hydrogen (secondary N) is 1. The van der Waals surface area contributed by atoms with Gasteiger partial charge in [0.25, 0.3) is 0 Å². The van der Waals surface area contributed by atoms with Gasteiger partial charge in [-0.15, -0.1) is 0 Å². The molecule has 0 amide bonds. The Bertz CT molecular complexity index is 228. The summed E-state index contributed by atoms with van der Waals surface area (Å²) in [6, 6.07) is 0. The summed E-state index contributed by atoms with van der Waals surface area (Å²) in [5.74, 6) is -2.63. The summed E-state index contributed by atoms with van der Waals surface area (Å²) in [5, 5.41) is 2.52. The standard InChI is InChI=1S/C7H7F6N/c8-6(9,10)5(7(11,12)13)3-1-14-2-4(3)5/h3-4,14H,1-2H2/t3-,4+. The van der Waals surface area contributed by atoms with E-state index in [1.807, 2.05) is 0 Å². The molecule has 82 valence electrons. The lowest BCUT2D eigenvalue weighted by Gasteiger charge is -2.26. The molecule has 2 aliphatic rings. The Morgan fingerprint density at radius 1 is 0.857 bits per heavy atom. The first kappa shape index (κ1) is 10.1. The minimum Gasteiger partial charge on any atom is -0.316 e. The van der Waals surface area contributed by atoms with Crippen molar-refractivity contribution in [2.45, 2.75) is 12.4 Å². The highest BCUT2D eigenvalue weighted by atomic mass is 19.4. The molecule has 0 spiro atoms. The number of hydrogen-bond donors (Lipinski definition) is 1. The van der Waals surface area contributed by atoms with Crippen LogP contribution in [0.1, 0.15) is 0 Å². The van der Waals surface area contributed by atoms with Gasteiger partial charge in [0.2, 0.25) is 0 Å². The van der Waals surface area contributed by atoms with Crippen molar-refractivity contribution >= 4 is 0 Å². The Hall–Kier alpha value is -0.460. The first-order valence-electron chi connectivity index (χ1n) is 4.07. The molecule has 1 aliphatic heterocycles. The molecular formula is C7H7F6N. The van der Waals surface area contributed by atoms with E-state index >= 15 is 0 Å². The second kappa shape index (κ2) is 2.37. The maximum absolute atomic E-state index is 12.4. The zero-order valence-corrected chi connectivity index (χ0v) is 6.84. The van der Waals surface area contributed by atoms with E-state index < -0.39 is 29.6 Å². The SMILES string of the molecule is FC(F)(F)C1(C(F)(F)F)[C@@H]2CNC[C@@H]21. The zero-order valence-electron chi connectivity index (χ0n) is 6.84. The summed E-state index contributed by atoms with van der Waals surface area (Å²) < 4.78 is 74.2. The fourth-order valence-electron chi connectivity index (χ4n) is 2.54. The first-order chi connectivity index (χ1) is 6.23. The predicted molar refractivity (Wildman–Crippen MR) is 34.4 cm³/mol. The summed E-state index contributed by atoms with van der Waals surface area (Å²) in [4.78, 5) is 0. The molecule has 0 radical (unpaired) electrons. The highest BCUT2D eigenvalue weighted by Crippen LogP contribution is 2.74. The van der Waals surface area contributed by atoms with Crippen LogP contribution in [0.5, 0.6) is 0 Å². The number of halogens is 6. The summed E-state index contributed by atoms with van der Waals surface area (Å²) in [6.45, 7) is -0.382. The normalized spacial score (nSPS) is 35.6. The lowest BCUT2D eigenvalue weighted by molar-refractivity contribution is -0.311. The number of hydrogen-bond acceptors (Lipinski definition) is 1. The number of rotatable bonds is 0. The smallest absolute Gasteiger partial charge is 0.316 e. The van der Waals surface area contributed by atoms with Crippen molar-refractivity contribution in [2.75, 3.05) is 13.1 Å². The molecule has 0 aromatic carbocycles. The van der Waals surface area contributed by atoms with E-state index in [2.05, 4.69) is 5.32 Å². The van der Waals surface area contributed by atoms with E-state index in [1.54, 1.807) is 0 Å². The summed E-state index contributed by atoms with van der Waals surface area (Å²) in [6.07, 6.45) is -10.4. The van der Waals surface area contributed by atoms with E-state index in [1.165, 1.54) is 0 Å². The van der Waals surface area contributed by atoms with Crippen LogP contribution in [0.3, 0.4) is 0 Å². The van der Waals surface area contributed by atoms with Crippen molar-refractivity contribution in [3.05, 3.63) is 0 Å². The van der Waals surface area contributed by atoms with Gasteiger partial charge in [0.05, 0.1) is 0 Å². The van der Waals surface area contributed by atoms with Crippen molar-refractivity contribution in [1.82, 2.24) is 5.32 Å². The van der Waals surface area contributed by atoms with Gasteiger partial charge < -0.3 is 5.32 Å². The number of alkyl halides is 6. The van der Waals surface area contributed by atoms with Crippen LogP contribution in [0.25, 0.3) is 0 Å². The van der Waals surface area contributed by atoms with Crippen LogP contribution in [0, 0.1) is 17.3 Å². The minimum atomic E-state index is -5.18. The quantitative estimate of drug-likeness (QED) is 0.614. The monoisotopic (exact) mass is 219 g/mol. The van der Waals surface area contributed by atoms with Gasteiger partial charge in [-0.2, -0.15) is 26.3 Å². The third kappa shape index (κ3) is 0.910. The zero-order chi connectivity index (χ0) is 10.8. The highest BCUT2D eigenvalue weighted by Gasteiger charge is 2.89. The molecule has 1 heterocycles. The van der Waals surface area contributed by atoms with Crippen LogP contribution in [-0.4, -0.2) is 25.4 Å². The van der Waals surface area contributed by atoms with Gasteiger partial charge in [-0.05, 0) is 13.1 Å². The van der Waals surface area contributed by atoms with Crippen molar-refractivity contribution in [3.63, 3.8) is 0 Å². The van der Waals surface area contributed by atoms with Crippen molar-refractivity contribution in [2.24, 2.45) is 17.3 Å². The third-order valence-electron chi connectivity index (χ3n) is 3.21. The van der Waals surface area contributed by atoms with Crippen molar-refractivity contribution < 1.29 is 26.3 Å². The number of fused-ring (bicyclic) bond motifs is 1. The lowest BCUT2D eigenvalue weighted by Crippen LogP contribution is -2.45. The van der Waals surface area contributed by atoms with E-state index in [0.717, 1.165) is 0 Å². The van der Waals surface area contributed by atoms with Gasteiger partial charge in [-0.1, -0.05) is 0 Å². The van der Waals surface area contributed by atoms with Gasteiger partial charge in [0.1, 0.15) is 0 Å². The average molecular weight is 219 g/mol. The predicted octanol–water partition coefficient (Wildman–Crippen LogP) is 1.95. The molecule has 1 aliphatic carbocycles. The fourth-order valence-corrected chi connectivity index (χ4v) is 2.54. The largest absolute Gasteiger partial charge is 0.403 e. The van der Waals surface area contributed by atoms with Crippen LogP contribution in [0.2, 0.25) is 0 Å². The Balaban J connectivity index is 2.35. The first-order valence-corrected chi connectivity index (χ1v) is 4.07. The lowest BCUT2D eigenvalue weighted by atomic mass is 9.99. The maximum atomic E-state index is 12.4. The van der Waals surface area contributed by atoms with Crippen LogP contribution in [-0.2, 0) is 0 Å². The van der Waals surface area contributed by atoms with E-state index in [-0.39, 0.29) is 13.1 Å². The maximum Gasteiger partial charge on any atom is 0.403 e. The van der Waals surface area contributed by atoms with Gasteiger partial charge >= 0.3 is 12.4 Å². The molecule has 7 heteroatoms. The molecule has 14 heavy (non-hydrogen) atoms. The molecule has 1 N–H and O–H groups in total. The Labute approximate surface area is 75.5 Å². The van der Waals surface area contributed by atoms with E-state index in [0.29, 0.717) is 0 Å². The summed E-state index contributed by atoms with van der Waals surface area (Å²) in [5.41, 5.74) is -3.43. The second-order valence-electron chi connectivity index (χ2n) is 3.74. The summed E-state index contributed by atoms with van der Waals surface area (Å²) in [7, 11) is 0. The molecule has 2 fully saturated rings. The second-order valence-corrected chi connectivity index (χ2v) is 3.74. The Morgan fingerprint density at radius 3 is 1.43 bits per heavy atom. The van der Waals surface area contributed by atoms with Crippen molar-refractivity contribution in [1.29, 1.82) is 0 Å². The molecule has 0 aromatic rings. The highest BCUT2D eigenvalue weighted by molar-refractivity contribution is 5.22. The Morgan fingerprint density at radius 2 is 1.21 bits per heavy atom. The minimum absolute atomic E-state index is 0.191. The van der Waals surface area contributed by atoms with Crippen LogP contribution in [0.4, 0.5) is 26.3 Å². The Kier molecular flexibility index (Phi) is 1.71. The van der Waals surface area contributed by atoms with Gasteiger partial charge in [0, 0.05) is 11.8 Å². The van der Waals surface area contributed by atoms with E-state index in [4.69, 9.17) is 0 Å². The van der Waals surface area contributed by atoms with Gasteiger partial charge in [-0.25, -0.2) is 0 Å². The molecule has 1 saturated heterocycles. The molecule has 2 rings (SSSR count). The number of piperidine rings is 1. The average Bonchev–Trinajstić information content (AvgIpc) is 2.38. The van der Waals surface area contributed by atoms with Crippen LogP contribution >= 0.6 is 0 Å². The molecule has 0 bridgehead atoms. The van der Waals surface area contributed by atoms with Gasteiger partial charge in [0.15, 0.2) is 5.41 Å².